The number of nitrogens with zero attached hydrogens (tertiary/aromatic N) is 1. The average Bonchev–Trinajstić information content (AvgIpc) is 2.59. The summed E-state index contributed by atoms with van der Waals surface area (Å²) in [6.45, 7) is 4.43. The summed E-state index contributed by atoms with van der Waals surface area (Å²) in [6.07, 6.45) is 5.04. The molecule has 0 radical (unpaired) electrons. The minimum Gasteiger partial charge on any atom is -0.349 e. The number of aromatic nitrogens is 1. The molecule has 1 heterocycles. The van der Waals surface area contributed by atoms with Crippen LogP contribution in [0.3, 0.4) is 0 Å². The van der Waals surface area contributed by atoms with Crippen molar-refractivity contribution in [3.05, 3.63) is 28.5 Å². The number of hydrogen-bond donors (Lipinski definition) is 1. The number of nitrogens with one attached hydrogen (secondary N) is 1. The Morgan fingerprint density at radius 2 is 2.29 bits per heavy atom. The highest BCUT2D eigenvalue weighted by atomic mass is 79.9. The van der Waals surface area contributed by atoms with Crippen molar-refractivity contribution in [1.82, 2.24) is 10.3 Å². The molecule has 1 aromatic rings. The maximum atomic E-state index is 12.0. The van der Waals surface area contributed by atoms with Crippen LogP contribution < -0.4 is 5.32 Å². The summed E-state index contributed by atoms with van der Waals surface area (Å²) in [5.74, 6) is -0.0232. The first-order chi connectivity index (χ1) is 7.99. The molecule has 1 saturated carbocycles. The van der Waals surface area contributed by atoms with Crippen LogP contribution in [0.2, 0.25) is 0 Å². The molecule has 1 N–H and O–H groups in total. The molecule has 0 saturated heterocycles. The summed E-state index contributed by atoms with van der Waals surface area (Å²) < 4.78 is 0.746. The molecule has 0 bridgehead atoms. The van der Waals surface area contributed by atoms with Gasteiger partial charge in [0.1, 0.15) is 4.60 Å². The van der Waals surface area contributed by atoms with Crippen molar-refractivity contribution in [2.75, 3.05) is 0 Å². The van der Waals surface area contributed by atoms with Gasteiger partial charge in [0.15, 0.2) is 0 Å². The summed E-state index contributed by atoms with van der Waals surface area (Å²) >= 11 is 3.26. The van der Waals surface area contributed by atoms with E-state index in [4.69, 9.17) is 0 Å². The van der Waals surface area contributed by atoms with Crippen molar-refractivity contribution in [3.63, 3.8) is 0 Å². The van der Waals surface area contributed by atoms with Gasteiger partial charge in [-0.2, -0.15) is 0 Å². The smallest absolute Gasteiger partial charge is 0.253 e. The van der Waals surface area contributed by atoms with Gasteiger partial charge in [0.25, 0.3) is 5.91 Å². The van der Waals surface area contributed by atoms with Crippen LogP contribution in [0.4, 0.5) is 0 Å². The second-order valence-corrected chi connectivity index (χ2v) is 6.09. The van der Waals surface area contributed by atoms with Gasteiger partial charge in [-0.1, -0.05) is 20.3 Å². The fraction of sp³-hybridized carbons (Fsp3) is 0.538. The molecule has 4 heteroatoms. The van der Waals surface area contributed by atoms with E-state index in [1.54, 1.807) is 18.3 Å². The van der Waals surface area contributed by atoms with Crippen LogP contribution in [0.5, 0.6) is 0 Å². The zero-order chi connectivity index (χ0) is 12.5. The summed E-state index contributed by atoms with van der Waals surface area (Å²) in [4.78, 5) is 16.1. The fourth-order valence-corrected chi connectivity index (χ4v) is 2.58. The van der Waals surface area contributed by atoms with Crippen molar-refractivity contribution < 1.29 is 4.79 Å². The Balaban J connectivity index is 2.04. The normalized spacial score (nSPS) is 22.4. The van der Waals surface area contributed by atoms with Crippen molar-refractivity contribution in [3.8, 4) is 0 Å². The summed E-state index contributed by atoms with van der Waals surface area (Å²) in [7, 11) is 0. The Kier molecular flexibility index (Phi) is 3.52. The Morgan fingerprint density at radius 1 is 1.53 bits per heavy atom. The lowest BCUT2D eigenvalue weighted by atomic mass is 9.87. The number of carbonyl (C=O) groups excluding carboxylic acids is 1. The molecule has 1 aliphatic carbocycles. The van der Waals surface area contributed by atoms with Crippen molar-refractivity contribution >= 4 is 21.8 Å². The number of carbonyl (C=O) groups is 1. The van der Waals surface area contributed by atoms with E-state index in [1.807, 2.05) is 0 Å². The quantitative estimate of drug-likeness (QED) is 0.852. The lowest BCUT2D eigenvalue weighted by molar-refractivity contribution is 0.0909. The molecular formula is C13H17BrN2O. The maximum absolute atomic E-state index is 12.0. The van der Waals surface area contributed by atoms with Gasteiger partial charge >= 0.3 is 0 Å². The third kappa shape index (κ3) is 2.86. The minimum absolute atomic E-state index is 0.0232. The Labute approximate surface area is 110 Å². The van der Waals surface area contributed by atoms with E-state index < -0.39 is 0 Å². The number of hydrogen-bond acceptors (Lipinski definition) is 2. The average molecular weight is 297 g/mol. The molecule has 0 aromatic carbocycles. The van der Waals surface area contributed by atoms with E-state index in [9.17, 15) is 4.79 Å². The van der Waals surface area contributed by atoms with Gasteiger partial charge < -0.3 is 5.32 Å². The predicted octanol–water partition coefficient (Wildman–Crippen LogP) is 3.15. The lowest BCUT2D eigenvalue weighted by Crippen LogP contribution is -2.41. The first-order valence-corrected chi connectivity index (χ1v) is 6.71. The third-order valence-corrected chi connectivity index (χ3v) is 4.02. The molecule has 0 aliphatic heterocycles. The Bertz CT molecular complexity index is 414. The van der Waals surface area contributed by atoms with E-state index >= 15 is 0 Å². The van der Waals surface area contributed by atoms with E-state index in [-0.39, 0.29) is 17.4 Å². The van der Waals surface area contributed by atoms with Crippen LogP contribution in [-0.4, -0.2) is 16.9 Å². The zero-order valence-electron chi connectivity index (χ0n) is 10.2. The molecule has 1 fully saturated rings. The molecule has 92 valence electrons. The summed E-state index contributed by atoms with van der Waals surface area (Å²) in [6, 6.07) is 3.85. The standard InChI is InChI=1S/C13H17BrN2O/c1-13(2)7-3-4-10(13)16-12(17)9-5-6-11(14)15-8-9/h5-6,8,10H,3-4,7H2,1-2H3,(H,16,17). The van der Waals surface area contributed by atoms with Gasteiger partial charge in [0.2, 0.25) is 0 Å². The van der Waals surface area contributed by atoms with Crippen molar-refractivity contribution in [2.24, 2.45) is 5.41 Å². The van der Waals surface area contributed by atoms with Crippen molar-refractivity contribution in [2.45, 2.75) is 39.2 Å². The van der Waals surface area contributed by atoms with E-state index in [0.29, 0.717) is 5.56 Å². The second kappa shape index (κ2) is 4.77. The van der Waals surface area contributed by atoms with Gasteiger partial charge in [-0.3, -0.25) is 4.79 Å². The SMILES string of the molecule is CC1(C)CCCC1NC(=O)c1ccc(Br)nc1. The summed E-state index contributed by atoms with van der Waals surface area (Å²) in [5, 5.41) is 3.11. The van der Waals surface area contributed by atoms with Gasteiger partial charge in [-0.05, 0) is 46.3 Å². The molecule has 0 spiro atoms. The van der Waals surface area contributed by atoms with Gasteiger partial charge in [0, 0.05) is 12.2 Å². The van der Waals surface area contributed by atoms with Crippen LogP contribution in [-0.2, 0) is 0 Å². The molecule has 3 nitrogen and oxygen atoms in total. The van der Waals surface area contributed by atoms with Crippen LogP contribution in [0.25, 0.3) is 0 Å². The van der Waals surface area contributed by atoms with Crippen LogP contribution in [0.15, 0.2) is 22.9 Å². The van der Waals surface area contributed by atoms with Crippen LogP contribution in [0.1, 0.15) is 43.5 Å². The molecule has 17 heavy (non-hydrogen) atoms. The van der Waals surface area contributed by atoms with Gasteiger partial charge in [0.05, 0.1) is 5.56 Å². The molecular weight excluding hydrogens is 280 g/mol. The van der Waals surface area contributed by atoms with Gasteiger partial charge in [-0.25, -0.2) is 4.98 Å². The highest BCUT2D eigenvalue weighted by Crippen LogP contribution is 2.37. The predicted molar refractivity (Wildman–Crippen MR) is 70.8 cm³/mol. The van der Waals surface area contributed by atoms with E-state index in [2.05, 4.69) is 40.1 Å². The first-order valence-electron chi connectivity index (χ1n) is 5.91. The van der Waals surface area contributed by atoms with Gasteiger partial charge in [-0.15, -0.1) is 0 Å². The monoisotopic (exact) mass is 296 g/mol. The van der Waals surface area contributed by atoms with Crippen LogP contribution in [0, 0.1) is 5.41 Å². The second-order valence-electron chi connectivity index (χ2n) is 5.28. The molecule has 1 aliphatic rings. The zero-order valence-corrected chi connectivity index (χ0v) is 11.8. The van der Waals surface area contributed by atoms with Crippen LogP contribution >= 0.6 is 15.9 Å². The Hall–Kier alpha value is -0.900. The fourth-order valence-electron chi connectivity index (χ4n) is 2.35. The Morgan fingerprint density at radius 3 is 2.82 bits per heavy atom. The highest BCUT2D eigenvalue weighted by Gasteiger charge is 2.35. The van der Waals surface area contributed by atoms with E-state index in [1.165, 1.54) is 12.8 Å². The topological polar surface area (TPSA) is 42.0 Å². The highest BCUT2D eigenvalue weighted by molar-refractivity contribution is 9.10. The molecule has 1 atom stereocenters. The number of halogens is 1. The first kappa shape index (κ1) is 12.6. The molecule has 1 amide bonds. The van der Waals surface area contributed by atoms with Crippen molar-refractivity contribution in [1.29, 1.82) is 0 Å². The number of amides is 1. The molecule has 2 rings (SSSR count). The molecule has 1 unspecified atom stereocenters. The minimum atomic E-state index is -0.0232. The largest absolute Gasteiger partial charge is 0.349 e. The number of pyridine rings is 1. The lowest BCUT2D eigenvalue weighted by Gasteiger charge is -2.27. The summed E-state index contributed by atoms with van der Waals surface area (Å²) in [5.41, 5.74) is 0.828. The third-order valence-electron chi connectivity index (χ3n) is 3.55. The molecule has 1 aromatic heterocycles. The van der Waals surface area contributed by atoms with E-state index in [0.717, 1.165) is 11.0 Å². The number of rotatable bonds is 2. The maximum Gasteiger partial charge on any atom is 0.253 e.